The van der Waals surface area contributed by atoms with E-state index in [2.05, 4.69) is 17.2 Å². The standard InChI is InChI=1S/C23H20ClNO3/c24-17-6-3-5-16(13-17)10-12-23(27)11-4-7-18(14-23)25-22(26)20-15-28-21-9-2-1-8-19(20)21/h1-3,5-6,8-9,13,15,18,27H,4,7,11,14H2,(H,25,26)/t18-,23+/m0/s1. The van der Waals surface area contributed by atoms with E-state index in [9.17, 15) is 9.90 Å². The van der Waals surface area contributed by atoms with Crippen molar-refractivity contribution >= 4 is 28.5 Å². The molecule has 0 bridgehead atoms. The third kappa shape index (κ3) is 4.06. The van der Waals surface area contributed by atoms with Gasteiger partial charge in [0, 0.05) is 28.4 Å². The molecule has 0 radical (unpaired) electrons. The van der Waals surface area contributed by atoms with Crippen LogP contribution in [0.5, 0.6) is 0 Å². The van der Waals surface area contributed by atoms with Crippen LogP contribution in [0.3, 0.4) is 0 Å². The average Bonchev–Trinajstić information content (AvgIpc) is 3.11. The minimum absolute atomic E-state index is 0.145. The lowest BCUT2D eigenvalue weighted by atomic mass is 9.82. The first-order valence-electron chi connectivity index (χ1n) is 9.31. The van der Waals surface area contributed by atoms with Gasteiger partial charge in [0.1, 0.15) is 17.4 Å². The third-order valence-electron chi connectivity index (χ3n) is 5.05. The van der Waals surface area contributed by atoms with Crippen LogP contribution in [-0.2, 0) is 0 Å². The molecule has 0 unspecified atom stereocenters. The Morgan fingerprint density at radius 3 is 2.96 bits per heavy atom. The SMILES string of the molecule is O=C(N[C@H]1CCC[C@@](O)(C#Cc2cccc(Cl)c2)C1)c1coc2ccccc12. The Morgan fingerprint density at radius 1 is 1.25 bits per heavy atom. The highest BCUT2D eigenvalue weighted by molar-refractivity contribution is 6.30. The van der Waals surface area contributed by atoms with E-state index in [0.29, 0.717) is 29.0 Å². The number of hydrogen-bond acceptors (Lipinski definition) is 3. The number of furan rings is 1. The zero-order chi connectivity index (χ0) is 19.6. The Balaban J connectivity index is 1.47. The summed E-state index contributed by atoms with van der Waals surface area (Å²) in [7, 11) is 0. The Labute approximate surface area is 168 Å². The molecule has 1 aliphatic carbocycles. The molecule has 1 aliphatic rings. The van der Waals surface area contributed by atoms with Crippen LogP contribution in [0, 0.1) is 11.8 Å². The van der Waals surface area contributed by atoms with Gasteiger partial charge in [0.05, 0.1) is 5.56 Å². The fraction of sp³-hybridized carbons (Fsp3) is 0.261. The van der Waals surface area contributed by atoms with Crippen LogP contribution in [0.2, 0.25) is 5.02 Å². The number of nitrogens with one attached hydrogen (secondary N) is 1. The van der Waals surface area contributed by atoms with E-state index < -0.39 is 5.60 Å². The van der Waals surface area contributed by atoms with Crippen molar-refractivity contribution in [3.8, 4) is 11.8 Å². The van der Waals surface area contributed by atoms with Gasteiger partial charge in [-0.3, -0.25) is 4.79 Å². The minimum Gasteiger partial charge on any atom is -0.463 e. The van der Waals surface area contributed by atoms with Gasteiger partial charge in [-0.15, -0.1) is 0 Å². The van der Waals surface area contributed by atoms with E-state index in [4.69, 9.17) is 16.0 Å². The van der Waals surface area contributed by atoms with Crippen LogP contribution in [-0.4, -0.2) is 22.7 Å². The van der Waals surface area contributed by atoms with Crippen molar-refractivity contribution in [2.24, 2.45) is 0 Å². The molecular weight excluding hydrogens is 374 g/mol. The molecule has 2 atom stereocenters. The first-order valence-corrected chi connectivity index (χ1v) is 9.68. The van der Waals surface area contributed by atoms with Gasteiger partial charge >= 0.3 is 0 Å². The Hall–Kier alpha value is -2.74. The van der Waals surface area contributed by atoms with Gasteiger partial charge < -0.3 is 14.8 Å². The van der Waals surface area contributed by atoms with Crippen molar-refractivity contribution in [2.45, 2.75) is 37.3 Å². The Bertz CT molecular complexity index is 1080. The monoisotopic (exact) mass is 393 g/mol. The van der Waals surface area contributed by atoms with Crippen LogP contribution < -0.4 is 5.32 Å². The van der Waals surface area contributed by atoms with E-state index in [-0.39, 0.29) is 11.9 Å². The molecule has 0 aliphatic heterocycles. The van der Waals surface area contributed by atoms with Crippen molar-refractivity contribution < 1.29 is 14.3 Å². The molecule has 2 aromatic carbocycles. The summed E-state index contributed by atoms with van der Waals surface area (Å²) in [4.78, 5) is 12.7. The summed E-state index contributed by atoms with van der Waals surface area (Å²) >= 11 is 5.99. The summed E-state index contributed by atoms with van der Waals surface area (Å²) in [6.45, 7) is 0. The summed E-state index contributed by atoms with van der Waals surface area (Å²) in [5, 5.41) is 15.3. The number of hydrogen-bond donors (Lipinski definition) is 2. The minimum atomic E-state index is -1.13. The summed E-state index contributed by atoms with van der Waals surface area (Å²) in [6.07, 6.45) is 4.05. The summed E-state index contributed by atoms with van der Waals surface area (Å²) in [5.41, 5.74) is 0.823. The maximum Gasteiger partial charge on any atom is 0.255 e. The lowest BCUT2D eigenvalue weighted by molar-refractivity contribution is 0.0452. The van der Waals surface area contributed by atoms with Crippen molar-refractivity contribution in [1.29, 1.82) is 0 Å². The van der Waals surface area contributed by atoms with Crippen molar-refractivity contribution in [3.05, 3.63) is 70.9 Å². The average molecular weight is 394 g/mol. The fourth-order valence-corrected chi connectivity index (χ4v) is 3.85. The van der Waals surface area contributed by atoms with Gasteiger partial charge in [0.2, 0.25) is 0 Å². The second-order valence-electron chi connectivity index (χ2n) is 7.20. The smallest absolute Gasteiger partial charge is 0.255 e. The molecule has 0 spiro atoms. The highest BCUT2D eigenvalue weighted by Gasteiger charge is 2.34. The number of rotatable bonds is 2. The van der Waals surface area contributed by atoms with Gasteiger partial charge in [-0.05, 0) is 43.5 Å². The van der Waals surface area contributed by atoms with Gasteiger partial charge in [-0.2, -0.15) is 0 Å². The van der Waals surface area contributed by atoms with Gasteiger partial charge in [-0.25, -0.2) is 0 Å². The molecule has 4 nitrogen and oxygen atoms in total. The number of aliphatic hydroxyl groups is 1. The van der Waals surface area contributed by atoms with E-state index in [0.717, 1.165) is 23.8 Å². The molecule has 1 aromatic heterocycles. The lowest BCUT2D eigenvalue weighted by Gasteiger charge is -2.33. The van der Waals surface area contributed by atoms with Gasteiger partial charge in [-0.1, -0.05) is 47.7 Å². The lowest BCUT2D eigenvalue weighted by Crippen LogP contribution is -2.45. The fourth-order valence-electron chi connectivity index (χ4n) is 3.66. The number of fused-ring (bicyclic) bond motifs is 1. The maximum absolute atomic E-state index is 12.7. The van der Waals surface area contributed by atoms with Gasteiger partial charge in [0.15, 0.2) is 0 Å². The predicted molar refractivity (Wildman–Crippen MR) is 109 cm³/mol. The van der Waals surface area contributed by atoms with Crippen LogP contribution in [0.25, 0.3) is 11.0 Å². The van der Waals surface area contributed by atoms with Crippen molar-refractivity contribution in [1.82, 2.24) is 5.32 Å². The van der Waals surface area contributed by atoms with Crippen LogP contribution in [0.1, 0.15) is 41.6 Å². The topological polar surface area (TPSA) is 62.5 Å². The molecule has 2 N–H and O–H groups in total. The largest absolute Gasteiger partial charge is 0.463 e. The molecule has 4 rings (SSSR count). The number of carbonyl (C=O) groups excluding carboxylic acids is 1. The number of amides is 1. The molecular formula is C23H20ClNO3. The van der Waals surface area contributed by atoms with E-state index in [1.54, 1.807) is 12.1 Å². The number of benzene rings is 2. The van der Waals surface area contributed by atoms with Crippen molar-refractivity contribution in [3.63, 3.8) is 0 Å². The second kappa shape index (κ2) is 7.71. The quantitative estimate of drug-likeness (QED) is 0.628. The molecule has 28 heavy (non-hydrogen) atoms. The third-order valence-corrected chi connectivity index (χ3v) is 5.29. The van der Waals surface area contributed by atoms with E-state index in [1.807, 2.05) is 36.4 Å². The van der Waals surface area contributed by atoms with Gasteiger partial charge in [0.25, 0.3) is 5.91 Å². The Kier molecular flexibility index (Phi) is 5.13. The van der Waals surface area contributed by atoms with Crippen LogP contribution in [0.15, 0.2) is 59.2 Å². The van der Waals surface area contributed by atoms with Crippen LogP contribution in [0.4, 0.5) is 0 Å². The molecule has 1 fully saturated rings. The van der Waals surface area contributed by atoms with Crippen LogP contribution >= 0.6 is 11.6 Å². The first kappa shape index (κ1) is 18.6. The van der Waals surface area contributed by atoms with E-state index in [1.165, 1.54) is 6.26 Å². The summed E-state index contributed by atoms with van der Waals surface area (Å²) in [6, 6.07) is 14.5. The number of carbonyl (C=O) groups is 1. The predicted octanol–water partition coefficient (Wildman–Crippen LogP) is 4.54. The molecule has 142 valence electrons. The highest BCUT2D eigenvalue weighted by Crippen LogP contribution is 2.29. The zero-order valence-corrected chi connectivity index (χ0v) is 16.0. The second-order valence-corrected chi connectivity index (χ2v) is 7.64. The van der Waals surface area contributed by atoms with E-state index >= 15 is 0 Å². The Morgan fingerprint density at radius 2 is 2.11 bits per heavy atom. The summed E-state index contributed by atoms with van der Waals surface area (Å²) < 4.78 is 5.45. The molecule has 1 heterocycles. The normalized spacial score (nSPS) is 21.7. The molecule has 1 amide bonds. The first-order chi connectivity index (χ1) is 13.5. The molecule has 1 saturated carbocycles. The number of halogens is 1. The molecule has 5 heteroatoms. The zero-order valence-electron chi connectivity index (χ0n) is 15.2. The summed E-state index contributed by atoms with van der Waals surface area (Å²) in [5.74, 6) is 5.80. The molecule has 3 aromatic rings. The molecule has 0 saturated heterocycles. The number of para-hydroxylation sites is 1. The highest BCUT2D eigenvalue weighted by atomic mass is 35.5. The van der Waals surface area contributed by atoms with Crippen molar-refractivity contribution in [2.75, 3.05) is 0 Å². The maximum atomic E-state index is 12.7.